The second kappa shape index (κ2) is 10.0. The fourth-order valence-corrected chi connectivity index (χ4v) is 1.85. The number of aliphatic carboxylic acids is 1. The molecule has 0 aliphatic heterocycles. The van der Waals surface area contributed by atoms with E-state index in [1.165, 1.54) is 4.90 Å². The first-order valence-corrected chi connectivity index (χ1v) is 7.36. The van der Waals surface area contributed by atoms with Crippen molar-refractivity contribution in [2.75, 3.05) is 19.6 Å². The van der Waals surface area contributed by atoms with Gasteiger partial charge in [0.25, 0.3) is 0 Å². The number of nitrogens with zero attached hydrogens (tertiary/aromatic N) is 1. The van der Waals surface area contributed by atoms with Gasteiger partial charge in [0, 0.05) is 19.1 Å². The van der Waals surface area contributed by atoms with E-state index in [0.717, 1.165) is 6.42 Å². The Morgan fingerprint density at radius 1 is 1.19 bits per heavy atom. The summed E-state index contributed by atoms with van der Waals surface area (Å²) in [6.07, 6.45) is 1.25. The lowest BCUT2D eigenvalue weighted by Gasteiger charge is -2.22. The van der Waals surface area contributed by atoms with Gasteiger partial charge in [-0.2, -0.15) is 0 Å². The van der Waals surface area contributed by atoms with E-state index in [9.17, 15) is 14.4 Å². The van der Waals surface area contributed by atoms with Crippen molar-refractivity contribution in [2.45, 2.75) is 46.6 Å². The zero-order chi connectivity index (χ0) is 16.4. The lowest BCUT2D eigenvalue weighted by Crippen LogP contribution is -2.47. The van der Waals surface area contributed by atoms with Gasteiger partial charge in [-0.1, -0.05) is 13.3 Å². The maximum atomic E-state index is 12.0. The van der Waals surface area contributed by atoms with Gasteiger partial charge in [0.1, 0.15) is 6.54 Å². The van der Waals surface area contributed by atoms with Crippen molar-refractivity contribution < 1.29 is 19.5 Å². The van der Waals surface area contributed by atoms with E-state index in [4.69, 9.17) is 5.11 Å². The van der Waals surface area contributed by atoms with E-state index in [0.29, 0.717) is 13.0 Å². The number of hydrogen-bond acceptors (Lipinski definition) is 3. The summed E-state index contributed by atoms with van der Waals surface area (Å²) >= 11 is 0. The van der Waals surface area contributed by atoms with Crippen LogP contribution in [-0.2, 0) is 9.59 Å². The molecular formula is C14H27N3O4. The van der Waals surface area contributed by atoms with Gasteiger partial charge in [0.2, 0.25) is 5.91 Å². The first-order valence-electron chi connectivity index (χ1n) is 7.36. The highest BCUT2D eigenvalue weighted by molar-refractivity contribution is 5.84. The van der Waals surface area contributed by atoms with Crippen LogP contribution in [0.2, 0.25) is 0 Å². The smallest absolute Gasteiger partial charge is 0.317 e. The van der Waals surface area contributed by atoms with Crippen molar-refractivity contribution in [1.82, 2.24) is 15.5 Å². The number of carbonyl (C=O) groups is 3. The predicted octanol–water partition coefficient (Wildman–Crippen LogP) is 1.04. The fraction of sp³-hybridized carbons (Fsp3) is 0.786. The van der Waals surface area contributed by atoms with Crippen molar-refractivity contribution in [2.24, 2.45) is 5.92 Å². The summed E-state index contributed by atoms with van der Waals surface area (Å²) in [5.41, 5.74) is 0. The number of carboxylic acid groups (broad SMARTS) is 1. The van der Waals surface area contributed by atoms with Gasteiger partial charge in [-0.15, -0.1) is 0 Å². The van der Waals surface area contributed by atoms with Gasteiger partial charge >= 0.3 is 12.0 Å². The number of hydrogen-bond donors (Lipinski definition) is 3. The van der Waals surface area contributed by atoms with Gasteiger partial charge in [0.05, 0.1) is 5.92 Å². The maximum absolute atomic E-state index is 12.0. The van der Waals surface area contributed by atoms with Crippen molar-refractivity contribution in [3.63, 3.8) is 0 Å². The van der Waals surface area contributed by atoms with Crippen LogP contribution in [0.25, 0.3) is 0 Å². The lowest BCUT2D eigenvalue weighted by molar-refractivity contribution is -0.141. The van der Waals surface area contributed by atoms with Crippen LogP contribution < -0.4 is 10.6 Å². The highest BCUT2D eigenvalue weighted by atomic mass is 16.4. The van der Waals surface area contributed by atoms with Crippen LogP contribution >= 0.6 is 0 Å². The quantitative estimate of drug-likeness (QED) is 0.592. The summed E-state index contributed by atoms with van der Waals surface area (Å²) in [6.45, 7) is 7.77. The number of carbonyl (C=O) groups excluding carboxylic acids is 2. The highest BCUT2D eigenvalue weighted by Crippen LogP contribution is 2.05. The van der Waals surface area contributed by atoms with E-state index in [-0.39, 0.29) is 25.0 Å². The molecule has 21 heavy (non-hydrogen) atoms. The van der Waals surface area contributed by atoms with Gasteiger partial charge in [-0.3, -0.25) is 9.59 Å². The Labute approximate surface area is 126 Å². The summed E-state index contributed by atoms with van der Waals surface area (Å²) < 4.78 is 0. The third kappa shape index (κ3) is 8.16. The molecule has 7 heteroatoms. The zero-order valence-electron chi connectivity index (χ0n) is 13.3. The Balaban J connectivity index is 4.38. The number of amides is 3. The first-order chi connectivity index (χ1) is 9.81. The van der Waals surface area contributed by atoms with Crippen LogP contribution in [0.3, 0.4) is 0 Å². The molecule has 1 unspecified atom stereocenters. The van der Waals surface area contributed by atoms with Crippen LogP contribution in [0, 0.1) is 5.92 Å². The van der Waals surface area contributed by atoms with E-state index >= 15 is 0 Å². The molecule has 7 nitrogen and oxygen atoms in total. The Kier molecular flexibility index (Phi) is 9.16. The van der Waals surface area contributed by atoms with Crippen molar-refractivity contribution >= 4 is 17.9 Å². The van der Waals surface area contributed by atoms with Crippen molar-refractivity contribution in [1.29, 1.82) is 0 Å². The monoisotopic (exact) mass is 301 g/mol. The van der Waals surface area contributed by atoms with E-state index in [2.05, 4.69) is 10.6 Å². The number of rotatable bonds is 9. The molecule has 122 valence electrons. The third-order valence-corrected chi connectivity index (χ3v) is 2.94. The average Bonchev–Trinajstić information content (AvgIpc) is 2.39. The van der Waals surface area contributed by atoms with Crippen LogP contribution in [0.1, 0.15) is 40.5 Å². The predicted molar refractivity (Wildman–Crippen MR) is 80.0 cm³/mol. The summed E-state index contributed by atoms with van der Waals surface area (Å²) in [4.78, 5) is 36.0. The molecule has 0 aliphatic rings. The zero-order valence-corrected chi connectivity index (χ0v) is 13.3. The minimum absolute atomic E-state index is 0.0141. The summed E-state index contributed by atoms with van der Waals surface area (Å²) in [5, 5.41) is 14.3. The largest absolute Gasteiger partial charge is 0.481 e. The molecule has 1 atom stereocenters. The molecule has 0 aromatic carbocycles. The number of nitrogens with one attached hydrogen (secondary N) is 2. The molecule has 0 saturated carbocycles. The Morgan fingerprint density at radius 3 is 2.24 bits per heavy atom. The molecule has 0 radical (unpaired) electrons. The Morgan fingerprint density at radius 2 is 1.81 bits per heavy atom. The van der Waals surface area contributed by atoms with Crippen LogP contribution in [0.5, 0.6) is 0 Å². The maximum Gasteiger partial charge on any atom is 0.317 e. The molecule has 3 amide bonds. The lowest BCUT2D eigenvalue weighted by atomic mass is 10.0. The Bertz CT molecular complexity index is 358. The molecule has 0 fully saturated rings. The molecule has 3 N–H and O–H groups in total. The standard InChI is InChI=1S/C14H27N3O4/c1-5-7-11(13(19)20)8-15-14(21)17(6-2)9-12(18)16-10(3)4/h10-11H,5-9H2,1-4H3,(H,15,21)(H,16,18)(H,19,20). The van der Waals surface area contributed by atoms with E-state index in [1.807, 2.05) is 20.8 Å². The number of likely N-dealkylation sites (N-methyl/N-ethyl adjacent to an activating group) is 1. The molecule has 0 aliphatic carbocycles. The van der Waals surface area contributed by atoms with Gasteiger partial charge < -0.3 is 20.6 Å². The van der Waals surface area contributed by atoms with E-state index < -0.39 is 17.9 Å². The SMILES string of the molecule is CCCC(CNC(=O)N(CC)CC(=O)NC(C)C)C(=O)O. The molecule has 0 aromatic rings. The molecule has 0 saturated heterocycles. The second-order valence-electron chi connectivity index (χ2n) is 5.25. The normalized spacial score (nSPS) is 11.9. The molecule has 0 aromatic heterocycles. The molecule has 0 bridgehead atoms. The van der Waals surface area contributed by atoms with Crippen molar-refractivity contribution in [3.8, 4) is 0 Å². The number of urea groups is 1. The average molecular weight is 301 g/mol. The fourth-order valence-electron chi connectivity index (χ4n) is 1.85. The van der Waals surface area contributed by atoms with Crippen LogP contribution in [0.15, 0.2) is 0 Å². The van der Waals surface area contributed by atoms with Gasteiger partial charge in [0.15, 0.2) is 0 Å². The molecule has 0 rings (SSSR count). The number of carboxylic acids is 1. The van der Waals surface area contributed by atoms with E-state index in [1.54, 1.807) is 6.92 Å². The molecular weight excluding hydrogens is 274 g/mol. The van der Waals surface area contributed by atoms with Crippen LogP contribution in [-0.4, -0.2) is 53.6 Å². The topological polar surface area (TPSA) is 98.7 Å². The minimum atomic E-state index is -0.919. The van der Waals surface area contributed by atoms with Gasteiger partial charge in [-0.25, -0.2) is 4.79 Å². The van der Waals surface area contributed by atoms with Gasteiger partial charge in [-0.05, 0) is 27.2 Å². The summed E-state index contributed by atoms with van der Waals surface area (Å²) in [7, 11) is 0. The summed E-state index contributed by atoms with van der Waals surface area (Å²) in [5.74, 6) is -1.75. The highest BCUT2D eigenvalue weighted by Gasteiger charge is 2.20. The van der Waals surface area contributed by atoms with Crippen molar-refractivity contribution in [3.05, 3.63) is 0 Å². The minimum Gasteiger partial charge on any atom is -0.481 e. The van der Waals surface area contributed by atoms with Crippen LogP contribution in [0.4, 0.5) is 4.79 Å². The third-order valence-electron chi connectivity index (χ3n) is 2.94. The Hall–Kier alpha value is -1.79. The second-order valence-corrected chi connectivity index (χ2v) is 5.25. The first kappa shape index (κ1) is 19.2. The summed E-state index contributed by atoms with van der Waals surface area (Å²) in [6, 6.07) is -0.404. The molecule has 0 spiro atoms. The molecule has 0 heterocycles.